The third kappa shape index (κ3) is 3.07. The molecule has 10 rings (SSSR count). The first kappa shape index (κ1) is 40.2. The molecule has 4 heterocycles. The van der Waals surface area contributed by atoms with Crippen LogP contribution in [0, 0.1) is 34.5 Å². The van der Waals surface area contributed by atoms with Crippen LogP contribution < -0.4 is 0 Å². The maximum absolute atomic E-state index is 13.8. The summed E-state index contributed by atoms with van der Waals surface area (Å²) in [7, 11) is 0. The van der Waals surface area contributed by atoms with Gasteiger partial charge in [0.15, 0.2) is 45.2 Å². The summed E-state index contributed by atoms with van der Waals surface area (Å²) in [5, 5.41) is 118. The molecule has 0 aromatic heterocycles. The van der Waals surface area contributed by atoms with Crippen molar-refractivity contribution in [1.82, 2.24) is 0 Å². The van der Waals surface area contributed by atoms with E-state index < -0.39 is 113 Å². The van der Waals surface area contributed by atoms with Crippen LogP contribution >= 0.6 is 0 Å². The Labute approximate surface area is 325 Å². The van der Waals surface area contributed by atoms with Gasteiger partial charge in [0.05, 0.1) is 0 Å². The average molecular weight is 797 g/mol. The van der Waals surface area contributed by atoms with Crippen molar-refractivity contribution in [2.75, 3.05) is 0 Å². The van der Waals surface area contributed by atoms with Gasteiger partial charge in [-0.15, -0.1) is 0 Å². The highest BCUT2D eigenvalue weighted by Crippen LogP contribution is 2.81. The quantitative estimate of drug-likeness (QED) is 0.163. The first-order chi connectivity index (χ1) is 25.1. The second-order valence-electron chi connectivity index (χ2n) is 21.3. The molecule has 10 aliphatic rings. The van der Waals surface area contributed by atoms with Crippen molar-refractivity contribution in [2.24, 2.45) is 34.5 Å². The minimum Gasteiger partial charge on any atom is -0.386 e. The predicted octanol–water partition coefficient (Wildman–Crippen LogP) is -0.833. The van der Waals surface area contributed by atoms with E-state index in [1.54, 1.807) is 41.5 Å². The largest absolute Gasteiger partial charge is 0.386 e. The zero-order valence-corrected chi connectivity index (χ0v) is 33.9. The van der Waals surface area contributed by atoms with Crippen LogP contribution in [0.25, 0.3) is 0 Å². The lowest BCUT2D eigenvalue weighted by Gasteiger charge is -2.74. The summed E-state index contributed by atoms with van der Waals surface area (Å²) in [5.41, 5.74) is -25.5. The van der Waals surface area contributed by atoms with Gasteiger partial charge in [0.25, 0.3) is 0 Å². The van der Waals surface area contributed by atoms with Crippen molar-refractivity contribution < 1.29 is 79.6 Å². The van der Waals surface area contributed by atoms with E-state index in [9.17, 15) is 60.7 Å². The van der Waals surface area contributed by atoms with Gasteiger partial charge in [-0.2, -0.15) is 0 Å². The molecule has 6 saturated carbocycles. The van der Waals surface area contributed by atoms with E-state index in [0.29, 0.717) is 12.8 Å². The fraction of sp³-hybridized carbons (Fsp3) is 0.950. The minimum atomic E-state index is -2.66. The average Bonchev–Trinajstić information content (AvgIpc) is 3.61. The number of hydrogen-bond acceptors (Lipinski definition) is 16. The van der Waals surface area contributed by atoms with Gasteiger partial charge in [0.2, 0.25) is 23.1 Å². The Bertz CT molecular complexity index is 1760. The Hall–Kier alpha value is -1.22. The summed E-state index contributed by atoms with van der Waals surface area (Å²) >= 11 is 0. The summed E-state index contributed by atoms with van der Waals surface area (Å²) in [6, 6.07) is 0. The maximum atomic E-state index is 13.8. The molecule has 0 unspecified atom stereocenters. The predicted molar refractivity (Wildman–Crippen MR) is 187 cm³/mol. The number of rotatable bonds is 2. The van der Waals surface area contributed by atoms with E-state index >= 15 is 0 Å². The Morgan fingerprint density at radius 1 is 0.500 bits per heavy atom. The molecule has 10 fully saturated rings. The summed E-state index contributed by atoms with van der Waals surface area (Å²) in [6.07, 6.45) is -0.381. The normalized spacial score (nSPS) is 67.2. The number of hydrogen-bond donors (Lipinski definition) is 10. The molecule has 0 spiro atoms. The molecule has 56 heavy (non-hydrogen) atoms. The number of ketones is 2. The molecule has 0 aromatic rings. The second-order valence-corrected chi connectivity index (χ2v) is 21.3. The molecule has 0 aromatic carbocycles. The molecule has 0 amide bonds. The topological polar surface area (TPSA) is 273 Å². The molecule has 16 nitrogen and oxygen atoms in total. The van der Waals surface area contributed by atoms with E-state index in [2.05, 4.69) is 0 Å². The maximum Gasteiger partial charge on any atom is 0.205 e. The van der Waals surface area contributed by atoms with Crippen molar-refractivity contribution in [2.45, 2.75) is 200 Å². The number of carbonyl (C=O) groups excluding carboxylic acids is 2. The van der Waals surface area contributed by atoms with Crippen molar-refractivity contribution in [1.29, 1.82) is 0 Å². The van der Waals surface area contributed by atoms with Gasteiger partial charge in [0, 0.05) is 48.3 Å². The Morgan fingerprint density at radius 3 is 1.09 bits per heavy atom. The Morgan fingerprint density at radius 2 is 0.804 bits per heavy atom. The highest BCUT2D eigenvalue weighted by Gasteiger charge is 3.00. The van der Waals surface area contributed by atoms with E-state index in [1.165, 1.54) is 27.7 Å². The van der Waals surface area contributed by atoms with Gasteiger partial charge in [0.1, 0.15) is 22.4 Å². The minimum absolute atomic E-state index is 0.0631. The highest BCUT2D eigenvalue weighted by molar-refractivity contribution is 6.02. The third-order valence-electron chi connectivity index (χ3n) is 19.0. The van der Waals surface area contributed by atoms with Crippen LogP contribution in [0.2, 0.25) is 0 Å². The Kier molecular flexibility index (Phi) is 6.91. The molecule has 4 saturated heterocycles. The number of Topliss-reactive ketones (excluding diaryl/α,β-unsaturated/α-hetero) is 2. The molecule has 0 radical (unpaired) electrons. The van der Waals surface area contributed by atoms with Gasteiger partial charge in [-0.1, -0.05) is 55.4 Å². The van der Waals surface area contributed by atoms with Gasteiger partial charge in [-0.3, -0.25) is 9.59 Å². The van der Waals surface area contributed by atoms with E-state index in [4.69, 9.17) is 18.9 Å². The fourth-order valence-corrected chi connectivity index (χ4v) is 15.0. The lowest BCUT2D eigenvalue weighted by atomic mass is 9.36. The van der Waals surface area contributed by atoms with Crippen LogP contribution in [-0.4, -0.2) is 142 Å². The lowest BCUT2D eigenvalue weighted by molar-refractivity contribution is -0.423. The number of fused-ring (bicyclic) bond motifs is 6. The van der Waals surface area contributed by atoms with Gasteiger partial charge < -0.3 is 70.0 Å². The summed E-state index contributed by atoms with van der Waals surface area (Å²) in [5.74, 6) is -11.2. The van der Waals surface area contributed by atoms with Crippen LogP contribution in [0.15, 0.2) is 0 Å². The summed E-state index contributed by atoms with van der Waals surface area (Å²) < 4.78 is 24.2. The molecular formula is C40H60O16. The van der Waals surface area contributed by atoms with Crippen molar-refractivity contribution >= 4 is 11.6 Å². The molecule has 16 heteroatoms. The van der Waals surface area contributed by atoms with Crippen molar-refractivity contribution in [3.8, 4) is 0 Å². The smallest absolute Gasteiger partial charge is 0.205 e. The molecule has 10 bridgehead atoms. The molecule has 316 valence electrons. The molecular weight excluding hydrogens is 736 g/mol. The van der Waals surface area contributed by atoms with Crippen LogP contribution in [0.1, 0.15) is 121 Å². The van der Waals surface area contributed by atoms with Crippen molar-refractivity contribution in [3.05, 3.63) is 0 Å². The first-order valence-electron chi connectivity index (χ1n) is 20.2. The lowest BCUT2D eigenvalue weighted by Crippen LogP contribution is -2.96. The van der Waals surface area contributed by atoms with Gasteiger partial charge in [-0.05, 0) is 51.4 Å². The van der Waals surface area contributed by atoms with Crippen LogP contribution in [-0.2, 0) is 28.5 Å². The van der Waals surface area contributed by atoms with Gasteiger partial charge >= 0.3 is 0 Å². The van der Waals surface area contributed by atoms with E-state index in [0.717, 1.165) is 0 Å². The SMILES string of the molecule is CC(C)[C@@]12C[C@@]3(O)[C@@]4(C)C[C@@](O)(O1)[C@@](C)(O2)[C@]3(O)C(=O)[C@]1(O)[C@H](C)CC[C@]41O.CC(C)[C@@]12C[C@@]3(O)[C@@]4(C)C[C@@](O)(O1)[C@@](C)(O2)[C@]3(O)C(=O)[C@]1(O)[C@H](C)CC[C@]41O. The standard InChI is InChI=1S/2C20H30O8/c2*1-10(2)15-9-17(23)13(4)8-18(24,28-15)14(5,27-15)20(17,26)12(21)19(25)11(3)6-7-16(13,19)22/h2*10-11,22-26H,6-9H2,1-5H3/t2*11-,13+,14-,15-,16+,17-,18-,19-,20-/m11/s1. The zero-order chi connectivity index (χ0) is 41.9. The number of carbonyl (C=O) groups is 2. The molecule has 10 N–H and O–H groups in total. The Balaban J connectivity index is 0.000000146. The number of aliphatic hydroxyl groups is 10. The molecule has 4 aliphatic heterocycles. The zero-order valence-electron chi connectivity index (χ0n) is 33.9. The van der Waals surface area contributed by atoms with Crippen LogP contribution in [0.5, 0.6) is 0 Å². The highest BCUT2D eigenvalue weighted by atomic mass is 16.8. The van der Waals surface area contributed by atoms with Crippen molar-refractivity contribution in [3.63, 3.8) is 0 Å². The fourth-order valence-electron chi connectivity index (χ4n) is 15.0. The summed E-state index contributed by atoms with van der Waals surface area (Å²) in [4.78, 5) is 27.5. The van der Waals surface area contributed by atoms with Crippen LogP contribution in [0.3, 0.4) is 0 Å². The third-order valence-corrected chi connectivity index (χ3v) is 19.0. The molecule has 6 aliphatic carbocycles. The van der Waals surface area contributed by atoms with Gasteiger partial charge in [-0.25, -0.2) is 0 Å². The summed E-state index contributed by atoms with van der Waals surface area (Å²) in [6.45, 7) is 16.3. The second kappa shape index (κ2) is 9.62. The van der Waals surface area contributed by atoms with E-state index in [-0.39, 0.29) is 50.4 Å². The number of ether oxygens (including phenoxy) is 4. The first-order valence-corrected chi connectivity index (χ1v) is 20.2. The van der Waals surface area contributed by atoms with Crippen LogP contribution in [0.4, 0.5) is 0 Å². The monoisotopic (exact) mass is 796 g/mol. The van der Waals surface area contributed by atoms with E-state index in [1.807, 2.05) is 0 Å². The molecule has 18 atom stereocenters.